The number of hydrogen-bond donors (Lipinski definition) is 0. The van der Waals surface area contributed by atoms with Gasteiger partial charge in [-0.25, -0.2) is 15.0 Å². The van der Waals surface area contributed by atoms with Crippen LogP contribution in [0.2, 0.25) is 0 Å². The number of para-hydroxylation sites is 1. The Hall–Kier alpha value is -8.61. The molecule has 0 radical (unpaired) electrons. The van der Waals surface area contributed by atoms with Gasteiger partial charge in [-0.1, -0.05) is 170 Å². The summed E-state index contributed by atoms with van der Waals surface area (Å²) in [7, 11) is 0. The number of aromatic nitrogens is 3. The van der Waals surface area contributed by atoms with E-state index in [0.717, 1.165) is 72.2 Å². The van der Waals surface area contributed by atoms with E-state index < -0.39 is 5.41 Å². The third kappa shape index (κ3) is 5.56. The Bertz CT molecular complexity index is 3580. The normalized spacial score (nSPS) is 13.1. The monoisotopic (exact) mass is 821 g/mol. The van der Waals surface area contributed by atoms with Gasteiger partial charge in [0, 0.05) is 33.0 Å². The molecule has 0 fully saturated rings. The lowest BCUT2D eigenvalue weighted by molar-refractivity contribution is 0.360. The highest BCUT2D eigenvalue weighted by molar-refractivity contribution is 6.05. The van der Waals surface area contributed by atoms with Crippen LogP contribution in [0.1, 0.15) is 22.3 Å². The molecule has 2 aromatic heterocycles. The van der Waals surface area contributed by atoms with Crippen LogP contribution in [0.25, 0.3) is 78.4 Å². The van der Waals surface area contributed by atoms with Crippen LogP contribution in [0.4, 0.5) is 0 Å². The van der Waals surface area contributed by atoms with E-state index in [0.29, 0.717) is 34.7 Å². The molecule has 0 spiro atoms. The molecule has 6 heteroatoms. The smallest absolute Gasteiger partial charge is 0.178 e. The third-order valence-corrected chi connectivity index (χ3v) is 12.7. The fourth-order valence-electron chi connectivity index (χ4n) is 9.80. The Kier molecular flexibility index (Phi) is 8.02. The molecule has 2 aliphatic rings. The van der Waals surface area contributed by atoms with Crippen LogP contribution >= 0.6 is 0 Å². The van der Waals surface area contributed by atoms with Gasteiger partial charge in [0.1, 0.15) is 11.2 Å². The third-order valence-electron chi connectivity index (χ3n) is 12.7. The fraction of sp³-hybridized carbons (Fsp3) is 0.0172. The topological polar surface area (TPSA) is 70.3 Å². The predicted octanol–water partition coefficient (Wildman–Crippen LogP) is 14.7. The van der Waals surface area contributed by atoms with E-state index in [2.05, 4.69) is 133 Å². The second-order valence-corrected chi connectivity index (χ2v) is 16.3. The summed E-state index contributed by atoms with van der Waals surface area (Å²) < 4.78 is 20.0. The zero-order valence-electron chi connectivity index (χ0n) is 34.3. The number of hydrogen-bond acceptors (Lipinski definition) is 6. The van der Waals surface area contributed by atoms with E-state index in [1.165, 1.54) is 16.7 Å². The van der Waals surface area contributed by atoms with Crippen LogP contribution < -0.4 is 9.47 Å². The molecule has 9 aromatic carbocycles. The van der Waals surface area contributed by atoms with Crippen molar-refractivity contribution in [3.8, 4) is 79.4 Å². The molecule has 0 saturated carbocycles. The summed E-state index contributed by atoms with van der Waals surface area (Å²) in [6.45, 7) is 0. The van der Waals surface area contributed by atoms with Crippen LogP contribution in [0.3, 0.4) is 0 Å². The van der Waals surface area contributed by atoms with Crippen molar-refractivity contribution >= 4 is 21.9 Å². The fourth-order valence-corrected chi connectivity index (χ4v) is 9.80. The molecule has 64 heavy (non-hydrogen) atoms. The molecule has 3 heterocycles. The summed E-state index contributed by atoms with van der Waals surface area (Å²) in [5.41, 5.74) is 12.6. The van der Waals surface area contributed by atoms with Crippen molar-refractivity contribution in [2.45, 2.75) is 5.41 Å². The molecule has 0 atom stereocenters. The molecule has 6 nitrogen and oxygen atoms in total. The first-order valence-corrected chi connectivity index (χ1v) is 21.4. The van der Waals surface area contributed by atoms with E-state index in [4.69, 9.17) is 28.8 Å². The van der Waals surface area contributed by atoms with Gasteiger partial charge in [0.15, 0.2) is 40.5 Å². The standard InChI is InChI=1S/C58H35N3O3/c1-4-15-36(16-5-1)55-59-56(61-57(60-55)40-27-29-44-43-23-11-13-26-48(43)62-51(44)35-40)39-18-14-17-37(33-39)38-28-31-49-52(34-38)63-50-32-30-47-53(54(50)64-49)45-24-10-12-25-46(45)58(47,41-19-6-2-7-20-41)42-21-8-3-9-22-42/h1-35H. The summed E-state index contributed by atoms with van der Waals surface area (Å²) in [6.07, 6.45) is 0. The largest absolute Gasteiger partial charge is 0.456 e. The lowest BCUT2D eigenvalue weighted by atomic mass is 9.68. The van der Waals surface area contributed by atoms with Gasteiger partial charge in [-0.05, 0) is 81.4 Å². The second kappa shape index (κ2) is 14.2. The molecule has 0 amide bonds. The molecule has 0 saturated heterocycles. The number of rotatable bonds is 6. The molecule has 300 valence electrons. The quantitative estimate of drug-likeness (QED) is 0.166. The molecule has 11 aromatic rings. The maximum atomic E-state index is 6.92. The van der Waals surface area contributed by atoms with Crippen LogP contribution in [-0.2, 0) is 5.41 Å². The average Bonchev–Trinajstić information content (AvgIpc) is 3.90. The first kappa shape index (κ1) is 36.1. The van der Waals surface area contributed by atoms with Crippen LogP contribution in [0, 0.1) is 0 Å². The highest BCUT2D eigenvalue weighted by atomic mass is 16.6. The Morgan fingerprint density at radius 1 is 0.344 bits per heavy atom. The molecule has 0 bridgehead atoms. The maximum absolute atomic E-state index is 6.92. The molecule has 1 aliphatic carbocycles. The van der Waals surface area contributed by atoms with Gasteiger partial charge >= 0.3 is 0 Å². The van der Waals surface area contributed by atoms with Crippen molar-refractivity contribution < 1.29 is 13.9 Å². The number of ether oxygens (including phenoxy) is 2. The Balaban J connectivity index is 0.881. The SMILES string of the molecule is c1ccc(-c2nc(-c3cccc(-c4ccc5c(c4)Oc4ccc6c(c4O5)-c4ccccc4C6(c4ccccc4)c4ccccc4)c3)nc(-c3ccc4c(c3)oc3ccccc34)n2)cc1. The molecule has 0 unspecified atom stereocenters. The minimum atomic E-state index is -0.536. The average molecular weight is 822 g/mol. The Morgan fingerprint density at radius 2 is 0.922 bits per heavy atom. The minimum absolute atomic E-state index is 0.536. The Labute approximate surface area is 368 Å². The summed E-state index contributed by atoms with van der Waals surface area (Å²) in [5.74, 6) is 4.43. The van der Waals surface area contributed by atoms with Gasteiger partial charge in [0.25, 0.3) is 0 Å². The van der Waals surface area contributed by atoms with Crippen molar-refractivity contribution in [1.29, 1.82) is 0 Å². The van der Waals surface area contributed by atoms with Gasteiger partial charge in [-0.3, -0.25) is 0 Å². The van der Waals surface area contributed by atoms with Gasteiger partial charge in [0.2, 0.25) is 0 Å². The second-order valence-electron chi connectivity index (χ2n) is 16.3. The van der Waals surface area contributed by atoms with Gasteiger partial charge in [-0.2, -0.15) is 0 Å². The van der Waals surface area contributed by atoms with Crippen molar-refractivity contribution in [1.82, 2.24) is 15.0 Å². The number of fused-ring (bicyclic) bond motifs is 9. The Morgan fingerprint density at radius 3 is 1.70 bits per heavy atom. The van der Waals surface area contributed by atoms with Crippen molar-refractivity contribution in [2.75, 3.05) is 0 Å². The molecular weight excluding hydrogens is 787 g/mol. The van der Waals surface area contributed by atoms with Crippen LogP contribution in [-0.4, -0.2) is 15.0 Å². The van der Waals surface area contributed by atoms with Crippen LogP contribution in [0.5, 0.6) is 23.0 Å². The van der Waals surface area contributed by atoms with E-state index in [9.17, 15) is 0 Å². The minimum Gasteiger partial charge on any atom is -0.456 e. The van der Waals surface area contributed by atoms with E-state index in [1.807, 2.05) is 78.9 Å². The predicted molar refractivity (Wildman–Crippen MR) is 253 cm³/mol. The summed E-state index contributed by atoms with van der Waals surface area (Å²) in [4.78, 5) is 15.1. The van der Waals surface area contributed by atoms with Crippen molar-refractivity contribution in [3.63, 3.8) is 0 Å². The van der Waals surface area contributed by atoms with Crippen molar-refractivity contribution in [2.24, 2.45) is 0 Å². The maximum Gasteiger partial charge on any atom is 0.178 e. The number of benzene rings is 9. The zero-order valence-corrected chi connectivity index (χ0v) is 34.3. The lowest BCUT2D eigenvalue weighted by Gasteiger charge is -2.34. The van der Waals surface area contributed by atoms with Gasteiger partial charge in [-0.15, -0.1) is 0 Å². The van der Waals surface area contributed by atoms with E-state index in [1.54, 1.807) is 0 Å². The van der Waals surface area contributed by atoms with E-state index >= 15 is 0 Å². The van der Waals surface area contributed by atoms with Gasteiger partial charge in [0.05, 0.1) is 5.41 Å². The first-order valence-electron chi connectivity index (χ1n) is 21.4. The molecular formula is C58H35N3O3. The first-order chi connectivity index (χ1) is 31.7. The highest BCUT2D eigenvalue weighted by Crippen LogP contribution is 2.62. The summed E-state index contributed by atoms with van der Waals surface area (Å²) >= 11 is 0. The molecule has 0 N–H and O–H groups in total. The van der Waals surface area contributed by atoms with E-state index in [-0.39, 0.29) is 0 Å². The highest BCUT2D eigenvalue weighted by Gasteiger charge is 2.48. The molecule has 1 aliphatic heterocycles. The van der Waals surface area contributed by atoms with Gasteiger partial charge < -0.3 is 13.9 Å². The van der Waals surface area contributed by atoms with Crippen molar-refractivity contribution in [3.05, 3.63) is 235 Å². The molecule has 13 rings (SSSR count). The lowest BCUT2D eigenvalue weighted by Crippen LogP contribution is -2.28. The number of nitrogens with zero attached hydrogens (tertiary/aromatic N) is 3. The summed E-state index contributed by atoms with van der Waals surface area (Å²) in [6, 6.07) is 73.2. The van der Waals surface area contributed by atoms with Crippen LogP contribution in [0.15, 0.2) is 217 Å². The summed E-state index contributed by atoms with van der Waals surface area (Å²) in [5, 5.41) is 2.13. The number of furan rings is 1. The zero-order chi connectivity index (χ0) is 42.2.